The largest absolute Gasteiger partial charge is 0.330 e. The van der Waals surface area contributed by atoms with E-state index >= 15 is 0 Å². The summed E-state index contributed by atoms with van der Waals surface area (Å²) in [4.78, 5) is 12.0. The normalized spacial score (nSPS) is 10.9. The third kappa shape index (κ3) is 4.96. The van der Waals surface area contributed by atoms with Crippen LogP contribution in [0.3, 0.4) is 0 Å². The molecule has 1 aromatic heterocycles. The molecule has 0 fully saturated rings. The number of nitrogens with two attached hydrogens (primary N) is 1. The molecule has 0 radical (unpaired) electrons. The van der Waals surface area contributed by atoms with Crippen LogP contribution in [0, 0.1) is 6.92 Å². The quantitative estimate of drug-likeness (QED) is 0.710. The minimum Gasteiger partial charge on any atom is -0.330 e. The maximum absolute atomic E-state index is 12.0. The summed E-state index contributed by atoms with van der Waals surface area (Å²) in [6.45, 7) is 5.35. The molecule has 0 unspecified atom stereocenters. The maximum atomic E-state index is 12.0. The average molecular weight is 286 g/mol. The first-order valence-corrected chi connectivity index (χ1v) is 7.41. The maximum Gasteiger partial charge on any atom is 0.138 e. The monoisotopic (exact) mass is 285 g/mol. The number of carbonyl (C=O) groups excluding carboxylic acids is 1. The van der Waals surface area contributed by atoms with Gasteiger partial charge in [-0.1, -0.05) is 24.4 Å². The number of Topliss-reactive ketones (excluding diaryl/α,β-unsaturated/α-hetero) is 1. The van der Waals surface area contributed by atoms with Crippen LogP contribution in [-0.2, 0) is 17.8 Å². The summed E-state index contributed by atoms with van der Waals surface area (Å²) in [6.07, 6.45) is 5.18. The van der Waals surface area contributed by atoms with Gasteiger partial charge in [0.25, 0.3) is 0 Å². The summed E-state index contributed by atoms with van der Waals surface area (Å²) >= 11 is 6.19. The van der Waals surface area contributed by atoms with Crippen LogP contribution in [0.2, 0.25) is 5.02 Å². The van der Waals surface area contributed by atoms with Crippen molar-refractivity contribution >= 4 is 17.4 Å². The second kappa shape index (κ2) is 8.33. The first-order valence-electron chi connectivity index (χ1n) is 7.03. The van der Waals surface area contributed by atoms with Crippen molar-refractivity contribution in [3.05, 3.63) is 16.4 Å². The highest BCUT2D eigenvalue weighted by Gasteiger charge is 2.15. The third-order valence-corrected chi connectivity index (χ3v) is 3.72. The molecule has 2 N–H and O–H groups in total. The molecular formula is C14H24ClN3O. The van der Waals surface area contributed by atoms with Crippen molar-refractivity contribution in [2.24, 2.45) is 5.73 Å². The Labute approximate surface area is 120 Å². The summed E-state index contributed by atoms with van der Waals surface area (Å²) in [5, 5.41) is 4.96. The lowest BCUT2D eigenvalue weighted by Gasteiger charge is -2.05. The van der Waals surface area contributed by atoms with E-state index in [1.54, 1.807) is 0 Å². The lowest BCUT2D eigenvalue weighted by atomic mass is 10.1. The minimum absolute atomic E-state index is 0.240. The van der Waals surface area contributed by atoms with Crippen LogP contribution in [0.1, 0.15) is 50.4 Å². The molecule has 0 aromatic carbocycles. The standard InChI is InChI=1S/C14H24ClN3O/c1-3-18-13(14(15)11(2)17-18)10-12(19)8-6-4-5-7-9-16/h3-10,16H2,1-2H3. The van der Waals surface area contributed by atoms with Gasteiger partial charge in [-0.3, -0.25) is 9.48 Å². The Kier molecular flexibility index (Phi) is 7.10. The fraction of sp³-hybridized carbons (Fsp3) is 0.714. The number of nitrogens with zero attached hydrogens (tertiary/aromatic N) is 2. The Morgan fingerprint density at radius 1 is 1.32 bits per heavy atom. The summed E-state index contributed by atoms with van der Waals surface area (Å²) in [6, 6.07) is 0. The van der Waals surface area contributed by atoms with E-state index in [2.05, 4.69) is 5.10 Å². The molecule has 0 saturated carbocycles. The molecule has 0 amide bonds. The number of aryl methyl sites for hydroxylation is 2. The smallest absolute Gasteiger partial charge is 0.138 e. The molecule has 0 aliphatic carbocycles. The molecule has 1 heterocycles. The van der Waals surface area contributed by atoms with Gasteiger partial charge in [-0.05, 0) is 33.2 Å². The second-order valence-corrected chi connectivity index (χ2v) is 5.21. The van der Waals surface area contributed by atoms with Gasteiger partial charge in [-0.2, -0.15) is 5.10 Å². The fourth-order valence-corrected chi connectivity index (χ4v) is 2.34. The molecule has 5 heteroatoms. The van der Waals surface area contributed by atoms with E-state index in [1.165, 1.54) is 0 Å². The molecule has 0 saturated heterocycles. The molecular weight excluding hydrogens is 262 g/mol. The van der Waals surface area contributed by atoms with Crippen molar-refractivity contribution in [2.45, 2.75) is 58.9 Å². The Morgan fingerprint density at radius 2 is 2.00 bits per heavy atom. The molecule has 19 heavy (non-hydrogen) atoms. The van der Waals surface area contributed by atoms with E-state index in [0.717, 1.165) is 50.2 Å². The Morgan fingerprint density at radius 3 is 2.63 bits per heavy atom. The Hall–Kier alpha value is -0.870. The van der Waals surface area contributed by atoms with Gasteiger partial charge < -0.3 is 5.73 Å². The van der Waals surface area contributed by atoms with E-state index in [-0.39, 0.29) is 5.78 Å². The number of carbonyl (C=O) groups is 1. The van der Waals surface area contributed by atoms with Gasteiger partial charge in [-0.25, -0.2) is 0 Å². The van der Waals surface area contributed by atoms with Crippen molar-refractivity contribution in [3.63, 3.8) is 0 Å². The van der Waals surface area contributed by atoms with Crippen LogP contribution in [-0.4, -0.2) is 22.1 Å². The summed E-state index contributed by atoms with van der Waals surface area (Å²) in [7, 11) is 0. The van der Waals surface area contributed by atoms with Crippen molar-refractivity contribution in [1.82, 2.24) is 9.78 Å². The van der Waals surface area contributed by atoms with Gasteiger partial charge in [-0.15, -0.1) is 0 Å². The summed E-state index contributed by atoms with van der Waals surface area (Å²) in [5.74, 6) is 0.240. The zero-order valence-electron chi connectivity index (χ0n) is 11.9. The minimum atomic E-state index is 0.240. The van der Waals surface area contributed by atoms with Crippen molar-refractivity contribution in [2.75, 3.05) is 6.54 Å². The average Bonchev–Trinajstić information content (AvgIpc) is 2.66. The van der Waals surface area contributed by atoms with E-state index in [1.807, 2.05) is 18.5 Å². The van der Waals surface area contributed by atoms with E-state index in [0.29, 0.717) is 17.9 Å². The van der Waals surface area contributed by atoms with Crippen LogP contribution in [0.25, 0.3) is 0 Å². The van der Waals surface area contributed by atoms with Crippen LogP contribution >= 0.6 is 11.6 Å². The molecule has 0 aliphatic heterocycles. The van der Waals surface area contributed by atoms with Gasteiger partial charge in [0.1, 0.15) is 5.78 Å². The van der Waals surface area contributed by atoms with E-state index in [9.17, 15) is 4.79 Å². The number of rotatable bonds is 9. The lowest BCUT2D eigenvalue weighted by molar-refractivity contribution is -0.118. The topological polar surface area (TPSA) is 60.9 Å². The first-order chi connectivity index (χ1) is 9.10. The van der Waals surface area contributed by atoms with Crippen molar-refractivity contribution < 1.29 is 4.79 Å². The number of hydrogen-bond donors (Lipinski definition) is 1. The zero-order chi connectivity index (χ0) is 14.3. The van der Waals surface area contributed by atoms with E-state index < -0.39 is 0 Å². The van der Waals surface area contributed by atoms with Gasteiger partial charge >= 0.3 is 0 Å². The highest BCUT2D eigenvalue weighted by Crippen LogP contribution is 2.21. The number of ketones is 1. The number of unbranched alkanes of at least 4 members (excludes halogenated alkanes) is 3. The number of hydrogen-bond acceptors (Lipinski definition) is 3. The molecule has 1 aromatic rings. The van der Waals surface area contributed by atoms with E-state index in [4.69, 9.17) is 17.3 Å². The number of halogens is 1. The summed E-state index contributed by atoms with van der Waals surface area (Å²) in [5.41, 5.74) is 7.09. The van der Waals surface area contributed by atoms with Gasteiger partial charge in [0.2, 0.25) is 0 Å². The molecule has 1 rings (SSSR count). The molecule has 108 valence electrons. The Bertz CT molecular complexity index is 415. The molecule has 0 aliphatic rings. The molecule has 0 atom stereocenters. The van der Waals surface area contributed by atoms with Crippen LogP contribution in [0.4, 0.5) is 0 Å². The summed E-state index contributed by atoms with van der Waals surface area (Å²) < 4.78 is 1.82. The predicted octanol–water partition coefficient (Wildman–Crippen LogP) is 2.89. The zero-order valence-corrected chi connectivity index (χ0v) is 12.7. The second-order valence-electron chi connectivity index (χ2n) is 4.83. The van der Waals surface area contributed by atoms with Gasteiger partial charge in [0.15, 0.2) is 0 Å². The van der Waals surface area contributed by atoms with Gasteiger partial charge in [0.05, 0.1) is 16.4 Å². The van der Waals surface area contributed by atoms with Crippen LogP contribution in [0.15, 0.2) is 0 Å². The molecule has 0 spiro atoms. The first kappa shape index (κ1) is 16.2. The van der Waals surface area contributed by atoms with Crippen molar-refractivity contribution in [1.29, 1.82) is 0 Å². The number of aromatic nitrogens is 2. The predicted molar refractivity (Wildman–Crippen MR) is 78.5 cm³/mol. The van der Waals surface area contributed by atoms with Crippen LogP contribution in [0.5, 0.6) is 0 Å². The lowest BCUT2D eigenvalue weighted by Crippen LogP contribution is -2.09. The highest BCUT2D eigenvalue weighted by molar-refractivity contribution is 6.32. The SMILES string of the molecule is CCn1nc(C)c(Cl)c1CC(=O)CCCCCCN. The third-order valence-electron chi connectivity index (χ3n) is 3.23. The van der Waals surface area contributed by atoms with Crippen LogP contribution < -0.4 is 5.73 Å². The van der Waals surface area contributed by atoms with Gasteiger partial charge in [0, 0.05) is 19.4 Å². The molecule has 4 nitrogen and oxygen atoms in total. The highest BCUT2D eigenvalue weighted by atomic mass is 35.5. The van der Waals surface area contributed by atoms with Crippen molar-refractivity contribution in [3.8, 4) is 0 Å². The molecule has 0 bridgehead atoms. The Balaban J connectivity index is 2.44. The fourth-order valence-electron chi connectivity index (χ4n) is 2.13.